The van der Waals surface area contributed by atoms with E-state index in [4.69, 9.17) is 5.11 Å². The highest BCUT2D eigenvalue weighted by Crippen LogP contribution is 2.30. The van der Waals surface area contributed by atoms with E-state index in [1.807, 2.05) is 0 Å². The van der Waals surface area contributed by atoms with E-state index in [9.17, 15) is 18.0 Å². The standard InChI is InChI=1S/C12H11F3O2/c1-7(8(2)11(16)17)9-3-5-10(6-4-9)12(13,14)15/h3-6H,1-2H3,(H,16,17). The second-order valence-corrected chi connectivity index (χ2v) is 3.63. The summed E-state index contributed by atoms with van der Waals surface area (Å²) in [6, 6.07) is 4.41. The topological polar surface area (TPSA) is 37.3 Å². The Labute approximate surface area is 96.4 Å². The fourth-order valence-electron chi connectivity index (χ4n) is 1.29. The number of carboxylic acids is 1. The van der Waals surface area contributed by atoms with Crippen molar-refractivity contribution in [3.05, 3.63) is 41.0 Å². The summed E-state index contributed by atoms with van der Waals surface area (Å²) in [6.07, 6.45) is -4.38. The monoisotopic (exact) mass is 244 g/mol. The van der Waals surface area contributed by atoms with E-state index < -0.39 is 17.7 Å². The third-order valence-electron chi connectivity index (χ3n) is 2.53. The number of carboxylic acid groups (broad SMARTS) is 1. The minimum atomic E-state index is -4.38. The van der Waals surface area contributed by atoms with Gasteiger partial charge in [-0.3, -0.25) is 0 Å². The first-order valence-electron chi connectivity index (χ1n) is 4.82. The van der Waals surface area contributed by atoms with Crippen molar-refractivity contribution in [2.24, 2.45) is 0 Å². The molecular weight excluding hydrogens is 233 g/mol. The largest absolute Gasteiger partial charge is 0.478 e. The normalized spacial score (nSPS) is 13.2. The Morgan fingerprint density at radius 1 is 1.12 bits per heavy atom. The van der Waals surface area contributed by atoms with Crippen LogP contribution in [0.5, 0.6) is 0 Å². The Bertz CT molecular complexity index is 456. The highest BCUT2D eigenvalue weighted by atomic mass is 19.4. The van der Waals surface area contributed by atoms with Crippen LogP contribution in [0.4, 0.5) is 13.2 Å². The molecule has 1 aromatic rings. The fraction of sp³-hybridized carbons (Fsp3) is 0.250. The number of benzene rings is 1. The molecule has 0 saturated heterocycles. The quantitative estimate of drug-likeness (QED) is 0.807. The first kappa shape index (κ1) is 13.3. The van der Waals surface area contributed by atoms with Crippen molar-refractivity contribution in [3.8, 4) is 0 Å². The van der Waals surface area contributed by atoms with Crippen molar-refractivity contribution in [2.75, 3.05) is 0 Å². The summed E-state index contributed by atoms with van der Waals surface area (Å²) in [7, 11) is 0. The second-order valence-electron chi connectivity index (χ2n) is 3.63. The van der Waals surface area contributed by atoms with E-state index in [2.05, 4.69) is 0 Å². The summed E-state index contributed by atoms with van der Waals surface area (Å²) < 4.78 is 36.9. The van der Waals surface area contributed by atoms with Crippen molar-refractivity contribution in [1.29, 1.82) is 0 Å². The van der Waals surface area contributed by atoms with Gasteiger partial charge in [-0.2, -0.15) is 13.2 Å². The van der Waals surface area contributed by atoms with Crippen molar-refractivity contribution < 1.29 is 23.1 Å². The summed E-state index contributed by atoms with van der Waals surface area (Å²) in [5.41, 5.74) is 0.288. The molecule has 0 aromatic heterocycles. The molecule has 0 atom stereocenters. The summed E-state index contributed by atoms with van der Waals surface area (Å²) >= 11 is 0. The molecule has 0 heterocycles. The summed E-state index contributed by atoms with van der Waals surface area (Å²) in [5.74, 6) is -1.08. The fourth-order valence-corrected chi connectivity index (χ4v) is 1.29. The summed E-state index contributed by atoms with van der Waals surface area (Å²) in [5, 5.41) is 8.76. The van der Waals surface area contributed by atoms with Crippen molar-refractivity contribution >= 4 is 11.5 Å². The summed E-state index contributed by atoms with van der Waals surface area (Å²) in [4.78, 5) is 10.7. The van der Waals surface area contributed by atoms with E-state index in [0.29, 0.717) is 11.1 Å². The summed E-state index contributed by atoms with van der Waals surface area (Å²) in [6.45, 7) is 2.97. The third kappa shape index (κ3) is 3.09. The lowest BCUT2D eigenvalue weighted by atomic mass is 10.0. The average molecular weight is 244 g/mol. The van der Waals surface area contributed by atoms with Gasteiger partial charge in [0.05, 0.1) is 5.56 Å². The Balaban J connectivity index is 3.12. The molecule has 0 fully saturated rings. The van der Waals surface area contributed by atoms with E-state index in [1.165, 1.54) is 19.1 Å². The molecule has 1 rings (SSSR count). The van der Waals surface area contributed by atoms with E-state index in [0.717, 1.165) is 12.1 Å². The van der Waals surface area contributed by atoms with Gasteiger partial charge in [0.15, 0.2) is 0 Å². The predicted molar refractivity (Wildman–Crippen MR) is 57.3 cm³/mol. The maximum Gasteiger partial charge on any atom is 0.416 e. The highest BCUT2D eigenvalue weighted by Gasteiger charge is 2.29. The zero-order valence-electron chi connectivity index (χ0n) is 9.30. The van der Waals surface area contributed by atoms with Gasteiger partial charge in [0.2, 0.25) is 0 Å². The molecule has 2 nitrogen and oxygen atoms in total. The lowest BCUT2D eigenvalue weighted by molar-refractivity contribution is -0.137. The maximum absolute atomic E-state index is 12.3. The lowest BCUT2D eigenvalue weighted by Crippen LogP contribution is -2.04. The minimum Gasteiger partial charge on any atom is -0.478 e. The van der Waals surface area contributed by atoms with Gasteiger partial charge in [0.1, 0.15) is 0 Å². The Kier molecular flexibility index (Phi) is 3.60. The molecule has 0 spiro atoms. The molecule has 1 aromatic carbocycles. The first-order chi connectivity index (χ1) is 7.73. The minimum absolute atomic E-state index is 0.116. The number of hydrogen-bond acceptors (Lipinski definition) is 1. The van der Waals surface area contributed by atoms with E-state index in [-0.39, 0.29) is 5.57 Å². The second kappa shape index (κ2) is 4.61. The van der Waals surface area contributed by atoms with Crippen LogP contribution in [-0.2, 0) is 11.0 Å². The Morgan fingerprint density at radius 3 is 1.94 bits per heavy atom. The van der Waals surface area contributed by atoms with Gasteiger partial charge in [-0.05, 0) is 37.1 Å². The molecule has 0 aliphatic carbocycles. The third-order valence-corrected chi connectivity index (χ3v) is 2.53. The molecule has 17 heavy (non-hydrogen) atoms. The predicted octanol–water partition coefficient (Wildman–Crippen LogP) is 3.58. The zero-order valence-corrected chi connectivity index (χ0v) is 9.30. The molecule has 0 saturated carbocycles. The van der Waals surface area contributed by atoms with Crippen LogP contribution in [0.25, 0.3) is 5.57 Å². The first-order valence-corrected chi connectivity index (χ1v) is 4.82. The molecule has 1 N–H and O–H groups in total. The van der Waals surface area contributed by atoms with Gasteiger partial charge >= 0.3 is 12.1 Å². The number of halogens is 3. The van der Waals surface area contributed by atoms with Crippen molar-refractivity contribution in [2.45, 2.75) is 20.0 Å². The van der Waals surface area contributed by atoms with Crippen LogP contribution >= 0.6 is 0 Å². The number of allylic oxidation sites excluding steroid dienone is 1. The molecule has 0 unspecified atom stereocenters. The van der Waals surface area contributed by atoms with Crippen LogP contribution in [0.3, 0.4) is 0 Å². The van der Waals surface area contributed by atoms with Crippen LogP contribution in [-0.4, -0.2) is 11.1 Å². The number of hydrogen-bond donors (Lipinski definition) is 1. The van der Waals surface area contributed by atoms with Gasteiger partial charge in [-0.15, -0.1) is 0 Å². The number of aliphatic carboxylic acids is 1. The maximum atomic E-state index is 12.3. The van der Waals surface area contributed by atoms with Gasteiger partial charge in [0, 0.05) is 5.57 Å². The van der Waals surface area contributed by atoms with Crippen LogP contribution in [0.2, 0.25) is 0 Å². The van der Waals surface area contributed by atoms with E-state index in [1.54, 1.807) is 6.92 Å². The highest BCUT2D eigenvalue weighted by molar-refractivity contribution is 5.95. The SMILES string of the molecule is CC(C(=O)O)=C(C)c1ccc(C(F)(F)F)cc1. The van der Waals surface area contributed by atoms with E-state index >= 15 is 0 Å². The average Bonchev–Trinajstić information content (AvgIpc) is 2.26. The molecule has 92 valence electrons. The molecule has 5 heteroatoms. The van der Waals surface area contributed by atoms with Crippen molar-refractivity contribution in [1.82, 2.24) is 0 Å². The van der Waals surface area contributed by atoms with Gasteiger partial charge < -0.3 is 5.11 Å². The van der Waals surface area contributed by atoms with Gasteiger partial charge in [-0.25, -0.2) is 4.79 Å². The smallest absolute Gasteiger partial charge is 0.416 e. The van der Waals surface area contributed by atoms with Crippen LogP contribution < -0.4 is 0 Å². The Morgan fingerprint density at radius 2 is 1.59 bits per heavy atom. The zero-order chi connectivity index (χ0) is 13.2. The van der Waals surface area contributed by atoms with Crippen molar-refractivity contribution in [3.63, 3.8) is 0 Å². The molecule has 0 aliphatic heterocycles. The van der Waals surface area contributed by atoms with Crippen LogP contribution in [0.15, 0.2) is 29.8 Å². The molecule has 0 bridgehead atoms. The molecular formula is C12H11F3O2. The number of rotatable bonds is 2. The molecule has 0 radical (unpaired) electrons. The lowest BCUT2D eigenvalue weighted by Gasteiger charge is -2.08. The number of carbonyl (C=O) groups is 1. The Hall–Kier alpha value is -1.78. The molecule has 0 amide bonds. The number of alkyl halides is 3. The van der Waals surface area contributed by atoms with Crippen LogP contribution in [0.1, 0.15) is 25.0 Å². The van der Waals surface area contributed by atoms with Crippen LogP contribution in [0, 0.1) is 0 Å². The van der Waals surface area contributed by atoms with Gasteiger partial charge in [-0.1, -0.05) is 12.1 Å². The van der Waals surface area contributed by atoms with Gasteiger partial charge in [0.25, 0.3) is 0 Å². The molecule has 0 aliphatic rings.